The quantitative estimate of drug-likeness (QED) is 0.634. The first-order valence-electron chi connectivity index (χ1n) is 4.32. The maximum Gasteiger partial charge on any atom is 0.407 e. The lowest BCUT2D eigenvalue weighted by atomic mass is 10.4. The number of carboxylic acids is 1. The number of carbonyl (C=O) groups excluding carboxylic acids is 2. The van der Waals surface area contributed by atoms with E-state index in [2.05, 4.69) is 10.1 Å². The number of hydrogen-bond donors (Lipinski definition) is 2. The molecule has 0 heterocycles. The molecule has 86 valence electrons. The van der Waals surface area contributed by atoms with Gasteiger partial charge < -0.3 is 20.1 Å². The molecule has 0 aliphatic heterocycles. The minimum absolute atomic E-state index is 0.270. The van der Waals surface area contributed by atoms with Crippen LogP contribution in [0.25, 0.3) is 0 Å². The Hall–Kier alpha value is -1.79. The molecule has 0 bridgehead atoms. The van der Waals surface area contributed by atoms with Gasteiger partial charge in [-0.2, -0.15) is 0 Å². The number of carbonyl (C=O) groups is 3. The Morgan fingerprint density at radius 3 is 2.40 bits per heavy atom. The number of nitrogens with zero attached hydrogens (tertiary/aromatic N) is 1. The van der Waals surface area contributed by atoms with Gasteiger partial charge in [-0.05, 0) is 6.92 Å². The van der Waals surface area contributed by atoms with E-state index in [1.165, 1.54) is 7.11 Å². The summed E-state index contributed by atoms with van der Waals surface area (Å²) in [4.78, 5) is 33.4. The van der Waals surface area contributed by atoms with Crippen LogP contribution in [0.1, 0.15) is 6.92 Å². The minimum atomic E-state index is -1.09. The summed E-state index contributed by atoms with van der Waals surface area (Å²) in [6.07, 6.45) is -0.727. The number of rotatable bonds is 5. The highest BCUT2D eigenvalue weighted by atomic mass is 16.5. The van der Waals surface area contributed by atoms with E-state index in [1.807, 2.05) is 0 Å². The molecule has 0 radical (unpaired) electrons. The van der Waals surface area contributed by atoms with Crippen LogP contribution in [0.4, 0.5) is 4.79 Å². The monoisotopic (exact) mass is 218 g/mol. The summed E-state index contributed by atoms with van der Waals surface area (Å²) in [7, 11) is 1.18. The van der Waals surface area contributed by atoms with Gasteiger partial charge in [0, 0.05) is 6.54 Å². The fourth-order valence-electron chi connectivity index (χ4n) is 0.871. The molecule has 2 amide bonds. The first-order chi connectivity index (χ1) is 7.01. The zero-order chi connectivity index (χ0) is 11.8. The number of methoxy groups -OCH3 is 1. The Morgan fingerprint density at radius 1 is 1.40 bits per heavy atom. The molecule has 0 spiro atoms. The highest BCUT2D eigenvalue weighted by Gasteiger charge is 2.15. The Labute approximate surface area is 87.0 Å². The fourth-order valence-corrected chi connectivity index (χ4v) is 0.871. The molecule has 0 aliphatic rings. The number of hydrogen-bond acceptors (Lipinski definition) is 4. The summed E-state index contributed by atoms with van der Waals surface area (Å²) in [5, 5.41) is 10.7. The van der Waals surface area contributed by atoms with Gasteiger partial charge in [0.25, 0.3) is 0 Å². The van der Waals surface area contributed by atoms with Gasteiger partial charge in [-0.1, -0.05) is 0 Å². The molecule has 7 heteroatoms. The summed E-state index contributed by atoms with van der Waals surface area (Å²) in [5.41, 5.74) is 0. The Kier molecular flexibility index (Phi) is 5.84. The molecular weight excluding hydrogens is 204 g/mol. The maximum absolute atomic E-state index is 11.3. The maximum atomic E-state index is 11.3. The first-order valence-corrected chi connectivity index (χ1v) is 4.32. The topological polar surface area (TPSA) is 95.9 Å². The zero-order valence-corrected chi connectivity index (χ0v) is 8.65. The van der Waals surface area contributed by atoms with Crippen LogP contribution in [0, 0.1) is 0 Å². The van der Waals surface area contributed by atoms with Crippen molar-refractivity contribution in [3.63, 3.8) is 0 Å². The number of alkyl carbamates (subject to hydrolysis) is 1. The van der Waals surface area contributed by atoms with Crippen LogP contribution < -0.4 is 5.32 Å². The summed E-state index contributed by atoms with van der Waals surface area (Å²) in [5.74, 6) is -1.56. The average Bonchev–Trinajstić information content (AvgIpc) is 2.21. The molecule has 15 heavy (non-hydrogen) atoms. The van der Waals surface area contributed by atoms with Crippen molar-refractivity contribution in [1.82, 2.24) is 10.2 Å². The van der Waals surface area contributed by atoms with Gasteiger partial charge in [0.05, 0.1) is 7.11 Å². The minimum Gasteiger partial charge on any atom is -0.480 e. The second-order valence-corrected chi connectivity index (χ2v) is 2.65. The second kappa shape index (κ2) is 6.63. The Balaban J connectivity index is 4.04. The van der Waals surface area contributed by atoms with Crippen LogP contribution in [0.3, 0.4) is 0 Å². The molecule has 2 N–H and O–H groups in total. The zero-order valence-electron chi connectivity index (χ0n) is 8.65. The van der Waals surface area contributed by atoms with Gasteiger partial charge in [0.2, 0.25) is 5.91 Å². The van der Waals surface area contributed by atoms with Gasteiger partial charge in [-0.3, -0.25) is 9.59 Å². The van der Waals surface area contributed by atoms with E-state index < -0.39 is 18.0 Å². The van der Waals surface area contributed by atoms with Gasteiger partial charge in [0.15, 0.2) is 0 Å². The Morgan fingerprint density at radius 2 is 2.00 bits per heavy atom. The van der Waals surface area contributed by atoms with Gasteiger partial charge in [-0.15, -0.1) is 0 Å². The largest absolute Gasteiger partial charge is 0.480 e. The Bertz CT molecular complexity index is 253. The third-order valence-corrected chi connectivity index (χ3v) is 1.63. The SMILES string of the molecule is CCN(CC(=O)O)C(=O)CNC(=O)OC. The molecule has 0 atom stereocenters. The number of likely N-dealkylation sites (N-methyl/N-ethyl adjacent to an activating group) is 1. The number of aliphatic carboxylic acids is 1. The van der Waals surface area contributed by atoms with E-state index >= 15 is 0 Å². The van der Waals surface area contributed by atoms with Crippen molar-refractivity contribution in [2.24, 2.45) is 0 Å². The number of carboxylic acid groups (broad SMARTS) is 1. The molecule has 0 aromatic carbocycles. The molecule has 0 rings (SSSR count). The molecule has 0 saturated heterocycles. The van der Waals surface area contributed by atoms with E-state index in [0.29, 0.717) is 0 Å². The van der Waals surface area contributed by atoms with Crippen LogP contribution >= 0.6 is 0 Å². The van der Waals surface area contributed by atoms with Crippen molar-refractivity contribution < 1.29 is 24.2 Å². The van der Waals surface area contributed by atoms with E-state index in [1.54, 1.807) is 6.92 Å². The molecule has 7 nitrogen and oxygen atoms in total. The lowest BCUT2D eigenvalue weighted by Crippen LogP contribution is -2.42. The predicted molar refractivity (Wildman–Crippen MR) is 50.3 cm³/mol. The van der Waals surface area contributed by atoms with E-state index in [4.69, 9.17) is 5.11 Å². The van der Waals surface area contributed by atoms with Crippen LogP contribution in [-0.4, -0.2) is 54.7 Å². The summed E-state index contributed by atoms with van der Waals surface area (Å²) in [6, 6.07) is 0. The van der Waals surface area contributed by atoms with Crippen molar-refractivity contribution >= 4 is 18.0 Å². The predicted octanol–water partition coefficient (Wildman–Crippen LogP) is -0.724. The highest BCUT2D eigenvalue weighted by Crippen LogP contribution is 1.88. The number of ether oxygens (including phenoxy) is 1. The van der Waals surface area contributed by atoms with E-state index in [0.717, 1.165) is 4.90 Å². The van der Waals surface area contributed by atoms with Crippen LogP contribution in [-0.2, 0) is 14.3 Å². The lowest BCUT2D eigenvalue weighted by molar-refractivity contribution is -0.143. The van der Waals surface area contributed by atoms with Crippen molar-refractivity contribution in [2.75, 3.05) is 26.7 Å². The first kappa shape index (κ1) is 13.2. The third kappa shape index (κ3) is 5.50. The second-order valence-electron chi connectivity index (χ2n) is 2.65. The number of nitrogens with one attached hydrogen (secondary N) is 1. The summed E-state index contributed by atoms with van der Waals surface area (Å²) in [6.45, 7) is 1.28. The third-order valence-electron chi connectivity index (χ3n) is 1.63. The molecule has 0 unspecified atom stereocenters. The van der Waals surface area contributed by atoms with Gasteiger partial charge in [-0.25, -0.2) is 4.79 Å². The van der Waals surface area contributed by atoms with Crippen molar-refractivity contribution in [2.45, 2.75) is 6.92 Å². The molecule has 0 aliphatic carbocycles. The van der Waals surface area contributed by atoms with Crippen LogP contribution in [0.2, 0.25) is 0 Å². The lowest BCUT2D eigenvalue weighted by Gasteiger charge is -2.18. The summed E-state index contributed by atoms with van der Waals surface area (Å²) >= 11 is 0. The fraction of sp³-hybridized carbons (Fsp3) is 0.625. The molecule has 0 fully saturated rings. The van der Waals surface area contributed by atoms with Crippen LogP contribution in [0.5, 0.6) is 0 Å². The highest BCUT2D eigenvalue weighted by molar-refractivity contribution is 5.85. The van der Waals surface area contributed by atoms with E-state index in [9.17, 15) is 14.4 Å². The van der Waals surface area contributed by atoms with Gasteiger partial charge >= 0.3 is 12.1 Å². The standard InChI is InChI=1S/C8H14N2O5/c1-3-10(5-7(12)13)6(11)4-9-8(14)15-2/h3-5H2,1-2H3,(H,9,14)(H,12,13). The normalized spacial score (nSPS) is 9.20. The smallest absolute Gasteiger partial charge is 0.407 e. The van der Waals surface area contributed by atoms with Gasteiger partial charge in [0.1, 0.15) is 13.1 Å². The molecule has 0 aromatic rings. The van der Waals surface area contributed by atoms with Crippen molar-refractivity contribution in [3.05, 3.63) is 0 Å². The van der Waals surface area contributed by atoms with Crippen molar-refractivity contribution in [3.8, 4) is 0 Å². The molecule has 0 saturated carbocycles. The van der Waals surface area contributed by atoms with Crippen molar-refractivity contribution in [1.29, 1.82) is 0 Å². The molecular formula is C8H14N2O5. The molecule has 0 aromatic heterocycles. The van der Waals surface area contributed by atoms with Crippen LogP contribution in [0.15, 0.2) is 0 Å². The summed E-state index contributed by atoms with van der Waals surface area (Å²) < 4.78 is 4.26. The average molecular weight is 218 g/mol. The number of amides is 2. The van der Waals surface area contributed by atoms with E-state index in [-0.39, 0.29) is 19.6 Å².